The number of H-pyrrole nitrogens is 1. The Labute approximate surface area is 111 Å². The number of unbranched alkanes of at least 4 members (excludes halogenated alkanes) is 1. The number of hydrogen-bond donors (Lipinski definition) is 2. The summed E-state index contributed by atoms with van der Waals surface area (Å²) in [6, 6.07) is 3.89. The van der Waals surface area contributed by atoms with Crippen LogP contribution in [0.4, 0.5) is 0 Å². The van der Waals surface area contributed by atoms with Crippen LogP contribution in [0.3, 0.4) is 0 Å². The largest absolute Gasteiger partial charge is 0.489 e. The van der Waals surface area contributed by atoms with E-state index in [4.69, 9.17) is 14.6 Å². The maximum atomic E-state index is 8.79. The number of rotatable bonds is 4. The average Bonchev–Trinajstić information content (AvgIpc) is 2.65. The van der Waals surface area contributed by atoms with E-state index in [0.29, 0.717) is 13.2 Å². The van der Waals surface area contributed by atoms with Gasteiger partial charge in [0.2, 0.25) is 0 Å². The van der Waals surface area contributed by atoms with Gasteiger partial charge in [-0.25, -0.2) is 4.98 Å². The van der Waals surface area contributed by atoms with Crippen LogP contribution in [0.5, 0.6) is 11.5 Å². The lowest BCUT2D eigenvalue weighted by atomic mass is 10.2. The number of aliphatic hydroxyl groups excluding tert-OH is 1. The van der Waals surface area contributed by atoms with Gasteiger partial charge in [0.25, 0.3) is 0 Å². The molecule has 19 heavy (non-hydrogen) atoms. The number of nitrogens with one attached hydrogen (secondary N) is 1. The number of aliphatic hydroxyl groups is 1. The molecule has 0 aliphatic carbocycles. The molecule has 2 aromatic rings. The first kappa shape index (κ1) is 12.3. The van der Waals surface area contributed by atoms with E-state index >= 15 is 0 Å². The van der Waals surface area contributed by atoms with Crippen LogP contribution in [0.25, 0.3) is 11.0 Å². The second-order valence-electron chi connectivity index (χ2n) is 4.73. The van der Waals surface area contributed by atoms with Gasteiger partial charge in [0.15, 0.2) is 11.5 Å². The monoisotopic (exact) mass is 262 g/mol. The first-order valence-corrected chi connectivity index (χ1v) is 6.76. The molecule has 5 nitrogen and oxygen atoms in total. The number of benzene rings is 1. The number of aryl methyl sites for hydroxylation is 1. The fourth-order valence-electron chi connectivity index (χ4n) is 2.24. The van der Waals surface area contributed by atoms with Crippen LogP contribution in [0.2, 0.25) is 0 Å². The molecule has 0 radical (unpaired) electrons. The molecule has 102 valence electrons. The summed E-state index contributed by atoms with van der Waals surface area (Å²) in [5.41, 5.74) is 1.88. The van der Waals surface area contributed by atoms with Gasteiger partial charge >= 0.3 is 0 Å². The van der Waals surface area contributed by atoms with E-state index in [-0.39, 0.29) is 6.61 Å². The van der Waals surface area contributed by atoms with Gasteiger partial charge < -0.3 is 19.6 Å². The van der Waals surface area contributed by atoms with E-state index in [0.717, 1.165) is 54.0 Å². The molecule has 1 aliphatic heterocycles. The molecule has 0 saturated carbocycles. The number of hydrogen-bond acceptors (Lipinski definition) is 4. The van der Waals surface area contributed by atoms with Gasteiger partial charge in [-0.15, -0.1) is 0 Å². The molecule has 0 bridgehead atoms. The number of ether oxygens (including phenoxy) is 2. The first-order chi connectivity index (χ1) is 9.36. The molecule has 0 atom stereocenters. The molecule has 2 N–H and O–H groups in total. The Morgan fingerprint density at radius 2 is 1.95 bits per heavy atom. The lowest BCUT2D eigenvalue weighted by Gasteiger charge is -2.05. The van der Waals surface area contributed by atoms with E-state index in [9.17, 15) is 0 Å². The zero-order valence-corrected chi connectivity index (χ0v) is 10.8. The van der Waals surface area contributed by atoms with Crippen molar-refractivity contribution in [3.05, 3.63) is 18.0 Å². The topological polar surface area (TPSA) is 67.4 Å². The number of nitrogens with zero attached hydrogens (tertiary/aromatic N) is 1. The van der Waals surface area contributed by atoms with E-state index in [1.807, 2.05) is 12.1 Å². The zero-order valence-electron chi connectivity index (χ0n) is 10.8. The van der Waals surface area contributed by atoms with E-state index in [1.165, 1.54) is 0 Å². The molecule has 1 aromatic carbocycles. The van der Waals surface area contributed by atoms with Gasteiger partial charge in [0, 0.05) is 31.6 Å². The highest BCUT2D eigenvalue weighted by molar-refractivity contribution is 5.79. The highest BCUT2D eigenvalue weighted by atomic mass is 16.5. The Bertz CT molecular complexity index is 522. The van der Waals surface area contributed by atoms with Gasteiger partial charge in [-0.3, -0.25) is 0 Å². The molecular formula is C14H18N2O3. The highest BCUT2D eigenvalue weighted by Crippen LogP contribution is 2.33. The zero-order chi connectivity index (χ0) is 13.1. The van der Waals surface area contributed by atoms with Crippen LogP contribution < -0.4 is 9.47 Å². The summed E-state index contributed by atoms with van der Waals surface area (Å²) in [6.45, 7) is 1.61. The third-order valence-corrected chi connectivity index (χ3v) is 3.22. The fraction of sp³-hybridized carbons (Fsp3) is 0.500. The summed E-state index contributed by atoms with van der Waals surface area (Å²) in [7, 11) is 0. The van der Waals surface area contributed by atoms with Gasteiger partial charge in [0.1, 0.15) is 5.82 Å². The lowest BCUT2D eigenvalue weighted by Crippen LogP contribution is -1.97. The molecular weight excluding hydrogens is 244 g/mol. The third kappa shape index (κ3) is 2.66. The summed E-state index contributed by atoms with van der Waals surface area (Å²) in [5, 5.41) is 8.79. The van der Waals surface area contributed by atoms with Crippen LogP contribution in [0, 0.1) is 0 Å². The van der Waals surface area contributed by atoms with Crippen molar-refractivity contribution in [2.24, 2.45) is 0 Å². The summed E-state index contributed by atoms with van der Waals surface area (Å²) < 4.78 is 11.3. The summed E-state index contributed by atoms with van der Waals surface area (Å²) in [4.78, 5) is 7.85. The first-order valence-electron chi connectivity index (χ1n) is 6.76. The maximum Gasteiger partial charge on any atom is 0.163 e. The normalized spacial score (nSPS) is 14.6. The number of imidazole rings is 1. The van der Waals surface area contributed by atoms with Crippen LogP contribution in [-0.2, 0) is 6.42 Å². The highest BCUT2D eigenvalue weighted by Gasteiger charge is 2.13. The Balaban J connectivity index is 1.86. The van der Waals surface area contributed by atoms with E-state index < -0.39 is 0 Å². The number of fused-ring (bicyclic) bond motifs is 2. The molecule has 0 fully saturated rings. The van der Waals surface area contributed by atoms with Crippen LogP contribution in [-0.4, -0.2) is 34.9 Å². The number of aromatic nitrogens is 2. The van der Waals surface area contributed by atoms with Gasteiger partial charge in [-0.2, -0.15) is 0 Å². The van der Waals surface area contributed by atoms with Crippen molar-refractivity contribution in [2.45, 2.75) is 25.7 Å². The molecule has 5 heteroatoms. The van der Waals surface area contributed by atoms with Crippen LogP contribution in [0.1, 0.15) is 25.1 Å². The molecule has 0 saturated heterocycles. The van der Waals surface area contributed by atoms with Gasteiger partial charge in [-0.1, -0.05) is 0 Å². The van der Waals surface area contributed by atoms with Crippen molar-refractivity contribution in [3.8, 4) is 11.5 Å². The Hall–Kier alpha value is -1.75. The SMILES string of the molecule is OCCCCc1nc2cc3c(cc2[nH]1)OCCCO3. The summed E-state index contributed by atoms with van der Waals surface area (Å²) in [6.07, 6.45) is 3.49. The smallest absolute Gasteiger partial charge is 0.163 e. The number of aromatic amines is 1. The lowest BCUT2D eigenvalue weighted by molar-refractivity contribution is 0.284. The molecule has 3 rings (SSSR count). The van der Waals surface area contributed by atoms with Crippen molar-refractivity contribution >= 4 is 11.0 Å². The van der Waals surface area contributed by atoms with Crippen molar-refractivity contribution in [1.82, 2.24) is 9.97 Å². The summed E-state index contributed by atoms with van der Waals surface area (Å²) >= 11 is 0. The van der Waals surface area contributed by atoms with Crippen molar-refractivity contribution < 1.29 is 14.6 Å². The standard InChI is InChI=1S/C14H18N2O3/c17-5-2-1-4-14-15-10-8-12-13(9-11(10)16-14)19-7-3-6-18-12/h8-9,17H,1-7H2,(H,15,16). The van der Waals surface area contributed by atoms with E-state index in [2.05, 4.69) is 9.97 Å². The maximum absolute atomic E-state index is 8.79. The minimum absolute atomic E-state index is 0.232. The molecule has 0 unspecified atom stereocenters. The second kappa shape index (κ2) is 5.48. The third-order valence-electron chi connectivity index (χ3n) is 3.22. The Morgan fingerprint density at radius 3 is 2.74 bits per heavy atom. The fourth-order valence-corrected chi connectivity index (χ4v) is 2.24. The summed E-state index contributed by atoms with van der Waals surface area (Å²) in [5.74, 6) is 2.51. The quantitative estimate of drug-likeness (QED) is 0.827. The van der Waals surface area contributed by atoms with E-state index in [1.54, 1.807) is 0 Å². The van der Waals surface area contributed by atoms with Gasteiger partial charge in [-0.05, 0) is 12.8 Å². The molecule has 1 aliphatic rings. The van der Waals surface area contributed by atoms with Crippen molar-refractivity contribution in [1.29, 1.82) is 0 Å². The predicted molar refractivity (Wildman–Crippen MR) is 71.7 cm³/mol. The van der Waals surface area contributed by atoms with Crippen LogP contribution >= 0.6 is 0 Å². The Morgan fingerprint density at radius 1 is 1.16 bits per heavy atom. The molecule has 2 heterocycles. The Kier molecular flexibility index (Phi) is 3.55. The molecule has 1 aromatic heterocycles. The predicted octanol–water partition coefficient (Wildman–Crippen LogP) is 2.04. The minimum Gasteiger partial charge on any atom is -0.489 e. The average molecular weight is 262 g/mol. The second-order valence-corrected chi connectivity index (χ2v) is 4.73. The van der Waals surface area contributed by atoms with Gasteiger partial charge in [0.05, 0.1) is 24.2 Å². The molecule has 0 spiro atoms. The minimum atomic E-state index is 0.232. The molecule has 0 amide bonds. The van der Waals surface area contributed by atoms with Crippen molar-refractivity contribution in [2.75, 3.05) is 19.8 Å². The van der Waals surface area contributed by atoms with Crippen molar-refractivity contribution in [3.63, 3.8) is 0 Å². The van der Waals surface area contributed by atoms with Crippen LogP contribution in [0.15, 0.2) is 12.1 Å².